The monoisotopic (exact) mass is 448 g/mol. The van der Waals surface area contributed by atoms with Gasteiger partial charge in [-0.3, -0.25) is 9.69 Å². The number of carbonyl (C=O) groups excluding carboxylic acids is 1. The van der Waals surface area contributed by atoms with E-state index in [4.69, 9.17) is 0 Å². The first-order valence-electron chi connectivity index (χ1n) is 11.2. The molecule has 3 aromatic rings. The van der Waals surface area contributed by atoms with Gasteiger partial charge in [-0.25, -0.2) is 0 Å². The molecule has 0 bridgehead atoms. The molecular formula is C24H28N6OS. The van der Waals surface area contributed by atoms with Crippen molar-refractivity contribution >= 4 is 29.0 Å². The molecule has 1 aromatic heterocycles. The van der Waals surface area contributed by atoms with Crippen LogP contribution in [0.4, 0.5) is 11.4 Å². The fourth-order valence-electron chi connectivity index (χ4n) is 4.03. The Hall–Kier alpha value is -2.84. The number of benzene rings is 2. The van der Waals surface area contributed by atoms with Crippen molar-refractivity contribution in [1.29, 1.82) is 0 Å². The fourth-order valence-corrected chi connectivity index (χ4v) is 4.81. The van der Waals surface area contributed by atoms with Crippen LogP contribution in [0, 0.1) is 0 Å². The van der Waals surface area contributed by atoms with E-state index in [1.807, 2.05) is 12.1 Å². The Morgan fingerprint density at radius 2 is 1.75 bits per heavy atom. The van der Waals surface area contributed by atoms with Crippen molar-refractivity contribution in [3.05, 3.63) is 66.5 Å². The normalized spacial score (nSPS) is 16.8. The zero-order chi connectivity index (χ0) is 21.8. The van der Waals surface area contributed by atoms with Gasteiger partial charge in [0.05, 0.1) is 5.75 Å². The molecule has 8 heteroatoms. The molecule has 2 aliphatic rings. The number of nitrogens with one attached hydrogen (secondary N) is 1. The van der Waals surface area contributed by atoms with Gasteiger partial charge in [-0.1, -0.05) is 42.1 Å². The smallest absolute Gasteiger partial charge is 0.234 e. The molecule has 0 atom stereocenters. The standard InChI is InChI=1S/C24H28N6OS/c31-23(17-32-24-27-25-18-30(24)22-10-11-22)26-20-6-8-21(9-7-20)29-14-12-28(13-15-29)16-19-4-2-1-3-5-19/h1-9,18,22H,10-17H2,(H,26,31). The molecule has 1 aliphatic heterocycles. The summed E-state index contributed by atoms with van der Waals surface area (Å²) in [6, 6.07) is 19.3. The first-order valence-corrected chi connectivity index (χ1v) is 12.2. The van der Waals surface area contributed by atoms with Crippen LogP contribution in [0.25, 0.3) is 0 Å². The number of thioether (sulfide) groups is 1. The highest BCUT2D eigenvalue weighted by molar-refractivity contribution is 7.99. The van der Waals surface area contributed by atoms with Gasteiger partial charge in [0, 0.05) is 50.1 Å². The number of hydrogen-bond donors (Lipinski definition) is 1. The molecule has 7 nitrogen and oxygen atoms in total. The Morgan fingerprint density at radius 3 is 2.47 bits per heavy atom. The van der Waals surface area contributed by atoms with E-state index in [1.165, 1.54) is 35.9 Å². The highest BCUT2D eigenvalue weighted by Gasteiger charge is 2.26. The molecule has 2 heterocycles. The average molecular weight is 449 g/mol. The number of aromatic nitrogens is 3. The second-order valence-electron chi connectivity index (χ2n) is 8.38. The van der Waals surface area contributed by atoms with E-state index < -0.39 is 0 Å². The number of carbonyl (C=O) groups is 1. The second-order valence-corrected chi connectivity index (χ2v) is 9.33. The van der Waals surface area contributed by atoms with Crippen LogP contribution in [0.3, 0.4) is 0 Å². The first kappa shape index (κ1) is 21.0. The SMILES string of the molecule is O=C(CSc1nncn1C1CC1)Nc1ccc(N2CCN(Cc3ccccc3)CC2)cc1. The van der Waals surface area contributed by atoms with Gasteiger partial charge in [0.15, 0.2) is 5.16 Å². The molecule has 0 radical (unpaired) electrons. The van der Waals surface area contributed by atoms with Gasteiger partial charge >= 0.3 is 0 Å². The van der Waals surface area contributed by atoms with E-state index in [9.17, 15) is 4.79 Å². The Bertz CT molecular complexity index is 1030. The molecule has 166 valence electrons. The van der Waals surface area contributed by atoms with E-state index in [0.29, 0.717) is 11.8 Å². The van der Waals surface area contributed by atoms with E-state index in [-0.39, 0.29) is 5.91 Å². The summed E-state index contributed by atoms with van der Waals surface area (Å²) in [7, 11) is 0. The molecule has 1 saturated carbocycles. The molecule has 5 rings (SSSR count). The van der Waals surface area contributed by atoms with Crippen molar-refractivity contribution in [2.75, 3.05) is 42.1 Å². The summed E-state index contributed by atoms with van der Waals surface area (Å²) in [5.41, 5.74) is 3.40. The highest BCUT2D eigenvalue weighted by atomic mass is 32.2. The fraction of sp³-hybridized carbons (Fsp3) is 0.375. The van der Waals surface area contributed by atoms with E-state index in [0.717, 1.165) is 43.6 Å². The van der Waals surface area contributed by atoms with Crippen molar-refractivity contribution in [2.45, 2.75) is 30.6 Å². The van der Waals surface area contributed by atoms with Gasteiger partial charge in [0.1, 0.15) is 6.33 Å². The van der Waals surface area contributed by atoms with Crippen LogP contribution in [0.2, 0.25) is 0 Å². The minimum atomic E-state index is -0.0253. The largest absolute Gasteiger partial charge is 0.369 e. The van der Waals surface area contributed by atoms with E-state index in [1.54, 1.807) is 6.33 Å². The Kier molecular flexibility index (Phi) is 6.41. The van der Waals surface area contributed by atoms with E-state index in [2.05, 4.69) is 72.3 Å². The Morgan fingerprint density at radius 1 is 1.00 bits per heavy atom. The summed E-state index contributed by atoms with van der Waals surface area (Å²) in [6.45, 7) is 5.13. The Labute approximate surface area is 192 Å². The first-order chi connectivity index (χ1) is 15.7. The van der Waals surface area contributed by atoms with Gasteiger partial charge < -0.3 is 14.8 Å². The van der Waals surface area contributed by atoms with Gasteiger partial charge in [0.25, 0.3) is 0 Å². The molecule has 0 spiro atoms. The lowest BCUT2D eigenvalue weighted by Gasteiger charge is -2.36. The minimum Gasteiger partial charge on any atom is -0.369 e. The van der Waals surface area contributed by atoms with Crippen molar-refractivity contribution in [3.8, 4) is 0 Å². The maximum absolute atomic E-state index is 12.4. The summed E-state index contributed by atoms with van der Waals surface area (Å²) < 4.78 is 2.08. The maximum atomic E-state index is 12.4. The van der Waals surface area contributed by atoms with Crippen LogP contribution in [0.5, 0.6) is 0 Å². The summed E-state index contributed by atoms with van der Waals surface area (Å²) in [4.78, 5) is 17.3. The zero-order valence-corrected chi connectivity index (χ0v) is 18.9. The summed E-state index contributed by atoms with van der Waals surface area (Å²) in [5, 5.41) is 11.9. The molecule has 2 fully saturated rings. The maximum Gasteiger partial charge on any atom is 0.234 e. The third-order valence-corrected chi connectivity index (χ3v) is 6.91. The highest BCUT2D eigenvalue weighted by Crippen LogP contribution is 2.37. The van der Waals surface area contributed by atoms with Crippen molar-refractivity contribution in [1.82, 2.24) is 19.7 Å². The van der Waals surface area contributed by atoms with Crippen molar-refractivity contribution in [3.63, 3.8) is 0 Å². The van der Waals surface area contributed by atoms with Crippen LogP contribution >= 0.6 is 11.8 Å². The molecule has 1 aliphatic carbocycles. The van der Waals surface area contributed by atoms with Crippen molar-refractivity contribution < 1.29 is 4.79 Å². The number of rotatable bonds is 8. The van der Waals surface area contributed by atoms with Crippen LogP contribution in [0.1, 0.15) is 24.4 Å². The predicted molar refractivity (Wildman–Crippen MR) is 128 cm³/mol. The van der Waals surface area contributed by atoms with Gasteiger partial charge in [-0.2, -0.15) is 0 Å². The number of piperazine rings is 1. The van der Waals surface area contributed by atoms with Gasteiger partial charge in [-0.05, 0) is 42.7 Å². The third-order valence-electron chi connectivity index (χ3n) is 5.95. The van der Waals surface area contributed by atoms with Gasteiger partial charge in [0.2, 0.25) is 5.91 Å². The third kappa shape index (κ3) is 5.31. The lowest BCUT2D eigenvalue weighted by molar-refractivity contribution is -0.113. The quantitative estimate of drug-likeness (QED) is 0.531. The summed E-state index contributed by atoms with van der Waals surface area (Å²) in [5.74, 6) is 0.305. The number of hydrogen-bond acceptors (Lipinski definition) is 6. The van der Waals surface area contributed by atoms with Crippen LogP contribution < -0.4 is 10.2 Å². The topological polar surface area (TPSA) is 66.3 Å². The molecule has 1 saturated heterocycles. The van der Waals surface area contributed by atoms with Crippen LogP contribution in [-0.4, -0.2) is 57.5 Å². The average Bonchev–Trinajstić information content (AvgIpc) is 3.57. The molecular weight excluding hydrogens is 420 g/mol. The second kappa shape index (κ2) is 9.75. The van der Waals surface area contributed by atoms with E-state index >= 15 is 0 Å². The molecule has 1 N–H and O–H groups in total. The van der Waals surface area contributed by atoms with Crippen molar-refractivity contribution in [2.24, 2.45) is 0 Å². The molecule has 32 heavy (non-hydrogen) atoms. The molecule has 2 aromatic carbocycles. The number of anilines is 2. The van der Waals surface area contributed by atoms with Crippen LogP contribution in [0.15, 0.2) is 66.1 Å². The number of nitrogens with zero attached hydrogens (tertiary/aromatic N) is 5. The van der Waals surface area contributed by atoms with Gasteiger partial charge in [-0.15, -0.1) is 10.2 Å². The molecule has 0 unspecified atom stereocenters. The lowest BCUT2D eigenvalue weighted by Crippen LogP contribution is -2.45. The summed E-state index contributed by atoms with van der Waals surface area (Å²) >= 11 is 1.44. The van der Waals surface area contributed by atoms with Crippen LogP contribution in [-0.2, 0) is 11.3 Å². The summed E-state index contributed by atoms with van der Waals surface area (Å²) in [6.07, 6.45) is 4.11. The number of amides is 1. The lowest BCUT2D eigenvalue weighted by atomic mass is 10.2. The Balaban J connectivity index is 1.08. The molecule has 1 amide bonds. The zero-order valence-electron chi connectivity index (χ0n) is 18.1. The predicted octanol–water partition coefficient (Wildman–Crippen LogP) is 3.67. The minimum absolute atomic E-state index is 0.0253.